The second-order valence-corrected chi connectivity index (χ2v) is 5.30. The average molecular weight is 287 g/mol. The van der Waals surface area contributed by atoms with E-state index in [4.69, 9.17) is 5.26 Å². The summed E-state index contributed by atoms with van der Waals surface area (Å²) in [6.07, 6.45) is 3.83. The maximum Gasteiger partial charge on any atom is 0.0998 e. The molecule has 22 heavy (non-hydrogen) atoms. The number of hydrogen-bond acceptors (Lipinski definition) is 3. The number of anilines is 1. The van der Waals surface area contributed by atoms with Crippen molar-refractivity contribution in [2.24, 2.45) is 0 Å². The van der Waals surface area contributed by atoms with E-state index >= 15 is 0 Å². The summed E-state index contributed by atoms with van der Waals surface area (Å²) in [5.41, 5.74) is 4.96. The molecule has 0 heterocycles. The SMILES string of the molecule is Cc1cc(C#N)c(/C=C/c2ccc(N(C)C)cc2)cc1C#N. The number of rotatable bonds is 3. The molecule has 0 saturated heterocycles. The maximum atomic E-state index is 9.23. The van der Waals surface area contributed by atoms with Gasteiger partial charge in [0.1, 0.15) is 0 Å². The van der Waals surface area contributed by atoms with Gasteiger partial charge in [-0.05, 0) is 47.9 Å². The molecule has 0 aliphatic heterocycles. The van der Waals surface area contributed by atoms with Crippen LogP contribution < -0.4 is 4.90 Å². The molecular weight excluding hydrogens is 270 g/mol. The Balaban J connectivity index is 2.34. The lowest BCUT2D eigenvalue weighted by Gasteiger charge is -2.11. The van der Waals surface area contributed by atoms with Crippen molar-refractivity contribution in [3.8, 4) is 12.1 Å². The Bertz CT molecular complexity index is 785. The monoisotopic (exact) mass is 287 g/mol. The fraction of sp³-hybridized carbons (Fsp3) is 0.158. The molecule has 0 aliphatic carbocycles. The third-order valence-electron chi connectivity index (χ3n) is 3.50. The van der Waals surface area contributed by atoms with Gasteiger partial charge in [0.25, 0.3) is 0 Å². The lowest BCUT2D eigenvalue weighted by atomic mass is 9.99. The van der Waals surface area contributed by atoms with E-state index in [1.165, 1.54) is 0 Å². The number of nitriles is 2. The highest BCUT2D eigenvalue weighted by atomic mass is 15.1. The molecule has 2 rings (SSSR count). The molecule has 0 aliphatic rings. The lowest BCUT2D eigenvalue weighted by Crippen LogP contribution is -2.07. The molecule has 0 amide bonds. The largest absolute Gasteiger partial charge is 0.378 e. The molecule has 0 unspecified atom stereocenters. The van der Waals surface area contributed by atoms with Crippen molar-refractivity contribution in [3.05, 3.63) is 64.2 Å². The minimum atomic E-state index is 0.581. The fourth-order valence-electron chi connectivity index (χ4n) is 2.15. The zero-order chi connectivity index (χ0) is 16.1. The van der Waals surface area contributed by atoms with Crippen molar-refractivity contribution in [1.29, 1.82) is 10.5 Å². The smallest absolute Gasteiger partial charge is 0.0998 e. The lowest BCUT2D eigenvalue weighted by molar-refractivity contribution is 1.13. The molecule has 2 aromatic carbocycles. The Kier molecular flexibility index (Phi) is 4.61. The van der Waals surface area contributed by atoms with Crippen LogP contribution in [0.15, 0.2) is 36.4 Å². The number of benzene rings is 2. The van der Waals surface area contributed by atoms with E-state index in [1.54, 1.807) is 12.1 Å². The van der Waals surface area contributed by atoms with Crippen LogP contribution in [-0.4, -0.2) is 14.1 Å². The highest BCUT2D eigenvalue weighted by molar-refractivity contribution is 5.74. The van der Waals surface area contributed by atoms with E-state index in [-0.39, 0.29) is 0 Å². The van der Waals surface area contributed by atoms with Gasteiger partial charge < -0.3 is 4.90 Å². The first-order valence-corrected chi connectivity index (χ1v) is 6.95. The highest BCUT2D eigenvalue weighted by Gasteiger charge is 2.04. The van der Waals surface area contributed by atoms with Crippen molar-refractivity contribution in [1.82, 2.24) is 0 Å². The minimum Gasteiger partial charge on any atom is -0.378 e. The van der Waals surface area contributed by atoms with E-state index in [0.29, 0.717) is 11.1 Å². The molecule has 0 aromatic heterocycles. The first kappa shape index (κ1) is 15.4. The summed E-state index contributed by atoms with van der Waals surface area (Å²) in [7, 11) is 4.00. The van der Waals surface area contributed by atoms with E-state index in [9.17, 15) is 5.26 Å². The maximum absolute atomic E-state index is 9.23. The van der Waals surface area contributed by atoms with Crippen LogP contribution in [0.25, 0.3) is 12.2 Å². The summed E-state index contributed by atoms with van der Waals surface area (Å²) >= 11 is 0. The third-order valence-corrected chi connectivity index (χ3v) is 3.50. The molecule has 0 saturated carbocycles. The Morgan fingerprint density at radius 2 is 1.55 bits per heavy atom. The molecule has 0 radical (unpaired) electrons. The summed E-state index contributed by atoms with van der Waals surface area (Å²) in [6, 6.07) is 16.0. The zero-order valence-corrected chi connectivity index (χ0v) is 13.0. The molecule has 3 heteroatoms. The molecule has 3 nitrogen and oxygen atoms in total. The summed E-state index contributed by atoms with van der Waals surface area (Å²) in [5, 5.41) is 18.3. The van der Waals surface area contributed by atoms with Crippen molar-refractivity contribution in [3.63, 3.8) is 0 Å². The van der Waals surface area contributed by atoms with Crippen LogP contribution in [0.2, 0.25) is 0 Å². The summed E-state index contributed by atoms with van der Waals surface area (Å²) in [6.45, 7) is 1.84. The number of aryl methyl sites for hydroxylation is 1. The third kappa shape index (κ3) is 3.34. The van der Waals surface area contributed by atoms with Crippen LogP contribution >= 0.6 is 0 Å². The molecule has 0 fully saturated rings. The van der Waals surface area contributed by atoms with Gasteiger partial charge in [0.15, 0.2) is 0 Å². The zero-order valence-electron chi connectivity index (χ0n) is 13.0. The van der Waals surface area contributed by atoms with Crippen LogP contribution in [0, 0.1) is 29.6 Å². The van der Waals surface area contributed by atoms with Gasteiger partial charge in [-0.1, -0.05) is 24.3 Å². The quantitative estimate of drug-likeness (QED) is 0.802. The van der Waals surface area contributed by atoms with Crippen LogP contribution in [0.1, 0.15) is 27.8 Å². The van der Waals surface area contributed by atoms with Gasteiger partial charge in [-0.25, -0.2) is 0 Å². The van der Waals surface area contributed by atoms with Crippen LogP contribution in [-0.2, 0) is 0 Å². The van der Waals surface area contributed by atoms with E-state index in [2.05, 4.69) is 12.1 Å². The Morgan fingerprint density at radius 1 is 0.909 bits per heavy atom. The normalized spacial score (nSPS) is 10.2. The van der Waals surface area contributed by atoms with Crippen LogP contribution in [0.5, 0.6) is 0 Å². The van der Waals surface area contributed by atoms with Gasteiger partial charge in [0, 0.05) is 19.8 Å². The van der Waals surface area contributed by atoms with Crippen molar-refractivity contribution in [2.75, 3.05) is 19.0 Å². The Labute approximate surface area is 131 Å². The highest BCUT2D eigenvalue weighted by Crippen LogP contribution is 2.19. The molecule has 0 spiro atoms. The molecular formula is C19H17N3. The Morgan fingerprint density at radius 3 is 2.09 bits per heavy atom. The van der Waals surface area contributed by atoms with Crippen molar-refractivity contribution >= 4 is 17.8 Å². The Hall–Kier alpha value is -3.04. The minimum absolute atomic E-state index is 0.581. The van der Waals surface area contributed by atoms with E-state index < -0.39 is 0 Å². The van der Waals surface area contributed by atoms with Gasteiger partial charge >= 0.3 is 0 Å². The molecule has 0 atom stereocenters. The second kappa shape index (κ2) is 6.61. The molecule has 0 N–H and O–H groups in total. The van der Waals surface area contributed by atoms with Gasteiger partial charge in [-0.2, -0.15) is 10.5 Å². The molecule has 2 aromatic rings. The second-order valence-electron chi connectivity index (χ2n) is 5.30. The summed E-state index contributed by atoms with van der Waals surface area (Å²) in [5.74, 6) is 0. The predicted octanol–water partition coefficient (Wildman–Crippen LogP) is 3.97. The van der Waals surface area contributed by atoms with E-state index in [0.717, 1.165) is 22.4 Å². The summed E-state index contributed by atoms with van der Waals surface area (Å²) in [4.78, 5) is 2.04. The fourth-order valence-corrected chi connectivity index (χ4v) is 2.15. The first-order chi connectivity index (χ1) is 10.5. The average Bonchev–Trinajstić information content (AvgIpc) is 2.53. The first-order valence-electron chi connectivity index (χ1n) is 6.95. The molecule has 108 valence electrons. The topological polar surface area (TPSA) is 50.8 Å². The van der Waals surface area contributed by atoms with Crippen molar-refractivity contribution < 1.29 is 0 Å². The van der Waals surface area contributed by atoms with Crippen LogP contribution in [0.3, 0.4) is 0 Å². The standard InChI is InChI=1S/C19H17N3/c1-14-10-18(13-21)16(11-17(14)12-20)7-4-15-5-8-19(9-6-15)22(2)3/h4-11H,1-3H3/b7-4+. The van der Waals surface area contributed by atoms with Gasteiger partial charge in [0.2, 0.25) is 0 Å². The van der Waals surface area contributed by atoms with Gasteiger partial charge in [-0.15, -0.1) is 0 Å². The predicted molar refractivity (Wildman–Crippen MR) is 90.3 cm³/mol. The van der Waals surface area contributed by atoms with E-state index in [1.807, 2.05) is 62.3 Å². The van der Waals surface area contributed by atoms with Crippen molar-refractivity contribution in [2.45, 2.75) is 6.92 Å². The molecule has 0 bridgehead atoms. The number of nitrogens with zero attached hydrogens (tertiary/aromatic N) is 3. The van der Waals surface area contributed by atoms with Gasteiger partial charge in [-0.3, -0.25) is 0 Å². The summed E-state index contributed by atoms with van der Waals surface area (Å²) < 4.78 is 0. The van der Waals surface area contributed by atoms with Gasteiger partial charge in [0.05, 0.1) is 23.3 Å². The van der Waals surface area contributed by atoms with Crippen LogP contribution in [0.4, 0.5) is 5.69 Å². The number of hydrogen-bond donors (Lipinski definition) is 0.